The lowest BCUT2D eigenvalue weighted by Gasteiger charge is -2.09. The van der Waals surface area contributed by atoms with Crippen molar-refractivity contribution < 1.29 is 8.42 Å². The second-order valence-electron chi connectivity index (χ2n) is 6.53. The van der Waals surface area contributed by atoms with E-state index in [4.69, 9.17) is 0 Å². The Morgan fingerprint density at radius 1 is 1.00 bits per heavy atom. The molecule has 0 saturated heterocycles. The van der Waals surface area contributed by atoms with Crippen LogP contribution in [0.3, 0.4) is 0 Å². The molecule has 0 spiro atoms. The standard InChI is InChI=1S/C20H18N6O2S/c1-14-4-3-5-15(2)20(14)29(27,28)25-24-11-18-10-23-19-7-6-16(12-26(18)19)17-8-21-13-22-9-17/h3-13,25H,1-2H3. The van der Waals surface area contributed by atoms with Gasteiger partial charge in [-0.15, -0.1) is 0 Å². The highest BCUT2D eigenvalue weighted by molar-refractivity contribution is 7.89. The number of aryl methyl sites for hydroxylation is 2. The molecule has 0 aliphatic heterocycles. The molecule has 0 radical (unpaired) electrons. The van der Waals surface area contributed by atoms with E-state index in [0.717, 1.165) is 11.1 Å². The lowest BCUT2D eigenvalue weighted by Crippen LogP contribution is -2.20. The first-order valence-corrected chi connectivity index (χ1v) is 10.3. The molecule has 146 valence electrons. The van der Waals surface area contributed by atoms with Gasteiger partial charge in [0.2, 0.25) is 0 Å². The van der Waals surface area contributed by atoms with Gasteiger partial charge in [0.1, 0.15) is 12.0 Å². The normalized spacial score (nSPS) is 11.9. The molecule has 9 heteroatoms. The van der Waals surface area contributed by atoms with Crippen LogP contribution in [-0.4, -0.2) is 34.0 Å². The van der Waals surface area contributed by atoms with Gasteiger partial charge in [0.05, 0.1) is 23.0 Å². The number of pyridine rings is 1. The molecule has 1 aromatic carbocycles. The third-order valence-corrected chi connectivity index (χ3v) is 6.00. The molecule has 0 unspecified atom stereocenters. The van der Waals surface area contributed by atoms with Gasteiger partial charge in [-0.25, -0.2) is 15.0 Å². The predicted molar refractivity (Wildman–Crippen MR) is 110 cm³/mol. The first-order chi connectivity index (χ1) is 14.0. The average molecular weight is 406 g/mol. The maximum Gasteiger partial charge on any atom is 0.277 e. The van der Waals surface area contributed by atoms with Gasteiger partial charge < -0.3 is 0 Å². The van der Waals surface area contributed by atoms with Crippen molar-refractivity contribution in [2.24, 2.45) is 5.10 Å². The van der Waals surface area contributed by atoms with Gasteiger partial charge in [-0.2, -0.15) is 18.4 Å². The number of hydrogen-bond acceptors (Lipinski definition) is 6. The molecule has 0 amide bonds. The molecular formula is C20H18N6O2S. The van der Waals surface area contributed by atoms with E-state index in [-0.39, 0.29) is 4.90 Å². The predicted octanol–water partition coefficient (Wildman–Crippen LogP) is 2.72. The van der Waals surface area contributed by atoms with Crippen LogP contribution in [0, 0.1) is 13.8 Å². The second kappa shape index (κ2) is 7.44. The van der Waals surface area contributed by atoms with Gasteiger partial charge >= 0.3 is 0 Å². The van der Waals surface area contributed by atoms with Gasteiger partial charge in [-0.05, 0) is 37.1 Å². The zero-order valence-corrected chi connectivity index (χ0v) is 16.6. The highest BCUT2D eigenvalue weighted by Gasteiger charge is 2.18. The number of hydrazone groups is 1. The summed E-state index contributed by atoms with van der Waals surface area (Å²) in [6, 6.07) is 9.11. The van der Waals surface area contributed by atoms with Crippen LogP contribution >= 0.6 is 0 Å². The second-order valence-corrected chi connectivity index (χ2v) is 8.13. The summed E-state index contributed by atoms with van der Waals surface area (Å²) in [5.41, 5.74) is 4.44. The number of aromatic nitrogens is 4. The smallest absolute Gasteiger partial charge is 0.277 e. The molecule has 0 aliphatic rings. The molecule has 0 atom stereocenters. The lowest BCUT2D eigenvalue weighted by atomic mass is 10.1. The number of imidazole rings is 1. The monoisotopic (exact) mass is 406 g/mol. The summed E-state index contributed by atoms with van der Waals surface area (Å²) in [5.74, 6) is 0. The van der Waals surface area contributed by atoms with Crippen LogP contribution in [0.5, 0.6) is 0 Å². The van der Waals surface area contributed by atoms with Crippen molar-refractivity contribution in [1.29, 1.82) is 0 Å². The van der Waals surface area contributed by atoms with Crippen molar-refractivity contribution >= 4 is 21.9 Å². The number of hydrogen-bond donors (Lipinski definition) is 1. The number of rotatable bonds is 5. The molecule has 3 heterocycles. The number of benzene rings is 1. The van der Waals surface area contributed by atoms with Crippen LogP contribution in [0.25, 0.3) is 16.8 Å². The number of nitrogens with one attached hydrogen (secondary N) is 1. The third-order valence-electron chi connectivity index (χ3n) is 4.48. The highest BCUT2D eigenvalue weighted by Crippen LogP contribution is 2.20. The summed E-state index contributed by atoms with van der Waals surface area (Å²) in [6.45, 7) is 3.51. The van der Waals surface area contributed by atoms with Crippen LogP contribution in [0.2, 0.25) is 0 Å². The summed E-state index contributed by atoms with van der Waals surface area (Å²) in [5, 5.41) is 3.95. The van der Waals surface area contributed by atoms with E-state index in [1.165, 1.54) is 12.5 Å². The van der Waals surface area contributed by atoms with E-state index in [1.807, 2.05) is 28.8 Å². The maximum atomic E-state index is 12.6. The van der Waals surface area contributed by atoms with Crippen LogP contribution in [0.1, 0.15) is 16.8 Å². The number of fused-ring (bicyclic) bond motifs is 1. The first kappa shape index (κ1) is 18.8. The first-order valence-electron chi connectivity index (χ1n) is 8.79. The number of sulfonamides is 1. The van der Waals surface area contributed by atoms with Crippen molar-refractivity contribution in [3.8, 4) is 11.1 Å². The fourth-order valence-corrected chi connectivity index (χ4v) is 4.41. The Balaban J connectivity index is 1.63. The van der Waals surface area contributed by atoms with Gasteiger partial charge in [-0.3, -0.25) is 4.40 Å². The van der Waals surface area contributed by atoms with Crippen LogP contribution in [0.4, 0.5) is 0 Å². The fraction of sp³-hybridized carbons (Fsp3) is 0.100. The van der Waals surface area contributed by atoms with E-state index in [0.29, 0.717) is 22.5 Å². The molecular weight excluding hydrogens is 388 g/mol. The summed E-state index contributed by atoms with van der Waals surface area (Å²) >= 11 is 0. The Morgan fingerprint density at radius 3 is 2.45 bits per heavy atom. The summed E-state index contributed by atoms with van der Waals surface area (Å²) in [6.07, 6.45) is 9.84. The third kappa shape index (κ3) is 3.72. The molecule has 29 heavy (non-hydrogen) atoms. The molecule has 8 nitrogen and oxygen atoms in total. The number of nitrogens with zero attached hydrogens (tertiary/aromatic N) is 5. The minimum atomic E-state index is -3.77. The Labute approximate surface area is 168 Å². The molecule has 1 N–H and O–H groups in total. The molecule has 0 bridgehead atoms. The maximum absolute atomic E-state index is 12.6. The average Bonchev–Trinajstić information content (AvgIpc) is 3.10. The van der Waals surface area contributed by atoms with Crippen molar-refractivity contribution in [2.45, 2.75) is 18.7 Å². The van der Waals surface area contributed by atoms with Crippen molar-refractivity contribution in [1.82, 2.24) is 24.2 Å². The summed E-state index contributed by atoms with van der Waals surface area (Å²) in [4.78, 5) is 14.9. The van der Waals surface area contributed by atoms with E-state index in [2.05, 4.69) is 24.9 Å². The summed E-state index contributed by atoms with van der Waals surface area (Å²) < 4.78 is 27.1. The Morgan fingerprint density at radius 2 is 1.72 bits per heavy atom. The molecule has 0 fully saturated rings. The van der Waals surface area contributed by atoms with E-state index in [1.54, 1.807) is 44.6 Å². The molecule has 4 rings (SSSR count). The molecule has 0 aliphatic carbocycles. The minimum Gasteiger partial charge on any atom is -0.298 e. The minimum absolute atomic E-state index is 0.238. The van der Waals surface area contributed by atoms with Gasteiger partial charge in [0, 0.05) is 29.7 Å². The zero-order valence-electron chi connectivity index (χ0n) is 15.8. The lowest BCUT2D eigenvalue weighted by molar-refractivity contribution is 0.583. The van der Waals surface area contributed by atoms with Crippen molar-refractivity contribution in [2.75, 3.05) is 0 Å². The van der Waals surface area contributed by atoms with Gasteiger partial charge in [0.15, 0.2) is 0 Å². The fourth-order valence-electron chi connectivity index (χ4n) is 3.14. The van der Waals surface area contributed by atoms with Gasteiger partial charge in [0.25, 0.3) is 10.0 Å². The van der Waals surface area contributed by atoms with Crippen LogP contribution < -0.4 is 4.83 Å². The quantitative estimate of drug-likeness (QED) is 0.406. The van der Waals surface area contributed by atoms with E-state index >= 15 is 0 Å². The summed E-state index contributed by atoms with van der Waals surface area (Å²) in [7, 11) is -3.77. The van der Waals surface area contributed by atoms with E-state index < -0.39 is 10.0 Å². The van der Waals surface area contributed by atoms with E-state index in [9.17, 15) is 8.42 Å². The largest absolute Gasteiger partial charge is 0.298 e. The zero-order chi connectivity index (χ0) is 20.4. The Bertz CT molecular complexity index is 1290. The highest BCUT2D eigenvalue weighted by atomic mass is 32.2. The molecule has 0 saturated carbocycles. The van der Waals surface area contributed by atoms with Crippen LogP contribution in [0.15, 0.2) is 71.4 Å². The molecule has 4 aromatic rings. The van der Waals surface area contributed by atoms with Crippen LogP contribution in [-0.2, 0) is 10.0 Å². The molecule has 3 aromatic heterocycles. The topological polar surface area (TPSA) is 102 Å². The van der Waals surface area contributed by atoms with Crippen molar-refractivity contribution in [3.05, 3.63) is 78.3 Å². The van der Waals surface area contributed by atoms with Gasteiger partial charge in [-0.1, -0.05) is 18.2 Å². The Kier molecular flexibility index (Phi) is 4.81. The Hall–Kier alpha value is -3.59. The SMILES string of the molecule is Cc1cccc(C)c1S(=O)(=O)NN=Cc1cnc2ccc(-c3cncnc3)cn12. The van der Waals surface area contributed by atoms with Crippen molar-refractivity contribution in [3.63, 3.8) is 0 Å².